The van der Waals surface area contributed by atoms with Crippen LogP contribution in [-0.4, -0.2) is 19.6 Å². The molecule has 0 heterocycles. The number of halogens is 1. The van der Waals surface area contributed by atoms with Gasteiger partial charge in [-0.25, -0.2) is 8.42 Å². The van der Waals surface area contributed by atoms with E-state index in [1.54, 1.807) is 30.3 Å². The van der Waals surface area contributed by atoms with E-state index in [0.29, 0.717) is 11.3 Å². The lowest BCUT2D eigenvalue weighted by molar-refractivity contribution is -0.115. The van der Waals surface area contributed by atoms with Crippen LogP contribution in [0.4, 0.5) is 5.69 Å². The summed E-state index contributed by atoms with van der Waals surface area (Å²) in [5, 5.41) is 1.51. The number of carbonyl (C=O) groups is 1. The fraction of sp³-hybridized carbons (Fsp3) is 0.235. The molecule has 2 aromatic carbocycles. The first-order valence-corrected chi connectivity index (χ1v) is 9.62. The normalized spacial score (nSPS) is 12.7. The van der Waals surface area contributed by atoms with E-state index in [4.69, 9.17) is 0 Å². The van der Waals surface area contributed by atoms with Gasteiger partial charge in [0.05, 0.1) is 5.75 Å². The summed E-state index contributed by atoms with van der Waals surface area (Å²) >= 11 is 3.31. The standard InChI is InChI=1S/C17H18BrNO3S/c1-12-6-8-14(9-7-12)11-23(21,22)13(2)17(20)19-16-5-3-4-15(18)10-16/h3-10,13H,11H2,1-2H3,(H,19,20). The number of rotatable bonds is 5. The minimum Gasteiger partial charge on any atom is -0.325 e. The molecule has 0 spiro atoms. The summed E-state index contributed by atoms with van der Waals surface area (Å²) < 4.78 is 25.6. The van der Waals surface area contributed by atoms with E-state index in [-0.39, 0.29) is 5.75 Å². The summed E-state index contributed by atoms with van der Waals surface area (Å²) in [6.45, 7) is 3.35. The number of anilines is 1. The van der Waals surface area contributed by atoms with Gasteiger partial charge in [0.1, 0.15) is 5.25 Å². The first kappa shape index (κ1) is 17.7. The molecule has 0 bridgehead atoms. The fourth-order valence-electron chi connectivity index (χ4n) is 2.01. The minimum absolute atomic E-state index is 0.152. The summed E-state index contributed by atoms with van der Waals surface area (Å²) in [6.07, 6.45) is 0. The zero-order valence-corrected chi connectivity index (χ0v) is 15.3. The Morgan fingerprint density at radius 2 is 1.83 bits per heavy atom. The van der Waals surface area contributed by atoms with Crippen LogP contribution in [0.3, 0.4) is 0 Å². The molecule has 1 atom stereocenters. The van der Waals surface area contributed by atoms with Crippen LogP contribution < -0.4 is 5.32 Å². The second-order valence-electron chi connectivity index (χ2n) is 5.43. The molecule has 0 saturated carbocycles. The lowest BCUT2D eigenvalue weighted by Gasteiger charge is -2.14. The molecular formula is C17H18BrNO3S. The highest BCUT2D eigenvalue weighted by Crippen LogP contribution is 2.18. The summed E-state index contributed by atoms with van der Waals surface area (Å²) in [5.74, 6) is -0.685. The lowest BCUT2D eigenvalue weighted by Crippen LogP contribution is -2.33. The largest absolute Gasteiger partial charge is 0.325 e. The van der Waals surface area contributed by atoms with Gasteiger partial charge in [-0.05, 0) is 37.6 Å². The Kier molecular flexibility index (Phi) is 5.59. The van der Waals surface area contributed by atoms with Gasteiger partial charge in [-0.3, -0.25) is 4.79 Å². The molecule has 1 unspecified atom stereocenters. The van der Waals surface area contributed by atoms with Crippen LogP contribution in [0.25, 0.3) is 0 Å². The zero-order valence-electron chi connectivity index (χ0n) is 12.9. The molecule has 0 radical (unpaired) electrons. The van der Waals surface area contributed by atoms with Gasteiger partial charge in [0.25, 0.3) is 0 Å². The van der Waals surface area contributed by atoms with Crippen molar-refractivity contribution in [3.05, 3.63) is 64.1 Å². The number of sulfone groups is 1. The Hall–Kier alpha value is -1.66. The maximum absolute atomic E-state index is 12.4. The third-order valence-corrected chi connectivity index (χ3v) is 6.01. The molecule has 0 saturated heterocycles. The third kappa shape index (κ3) is 4.91. The lowest BCUT2D eigenvalue weighted by atomic mass is 10.2. The SMILES string of the molecule is Cc1ccc(CS(=O)(=O)C(C)C(=O)Nc2cccc(Br)c2)cc1. The highest BCUT2D eigenvalue weighted by Gasteiger charge is 2.28. The number of hydrogen-bond acceptors (Lipinski definition) is 3. The number of nitrogens with one attached hydrogen (secondary N) is 1. The number of hydrogen-bond donors (Lipinski definition) is 1. The van der Waals surface area contributed by atoms with Crippen molar-refractivity contribution in [1.82, 2.24) is 0 Å². The van der Waals surface area contributed by atoms with E-state index in [9.17, 15) is 13.2 Å². The Morgan fingerprint density at radius 1 is 1.17 bits per heavy atom. The zero-order chi connectivity index (χ0) is 17.0. The fourth-order valence-corrected chi connectivity index (χ4v) is 3.71. The van der Waals surface area contributed by atoms with Crippen molar-refractivity contribution in [3.63, 3.8) is 0 Å². The van der Waals surface area contributed by atoms with Crippen molar-refractivity contribution in [2.24, 2.45) is 0 Å². The predicted molar refractivity (Wildman–Crippen MR) is 96.0 cm³/mol. The van der Waals surface area contributed by atoms with Crippen LogP contribution in [0, 0.1) is 6.92 Å². The second-order valence-corrected chi connectivity index (χ2v) is 8.67. The van der Waals surface area contributed by atoms with Gasteiger partial charge in [-0.1, -0.05) is 51.8 Å². The molecule has 0 fully saturated rings. The summed E-state index contributed by atoms with van der Waals surface area (Å²) in [6, 6.07) is 14.3. The van der Waals surface area contributed by atoms with Gasteiger partial charge < -0.3 is 5.32 Å². The van der Waals surface area contributed by atoms with Crippen LogP contribution in [-0.2, 0) is 20.4 Å². The van der Waals surface area contributed by atoms with Crippen molar-refractivity contribution in [3.8, 4) is 0 Å². The van der Waals surface area contributed by atoms with Crippen LogP contribution >= 0.6 is 15.9 Å². The Balaban J connectivity index is 2.09. The van der Waals surface area contributed by atoms with Crippen LogP contribution in [0.5, 0.6) is 0 Å². The van der Waals surface area contributed by atoms with Crippen molar-refractivity contribution in [2.75, 3.05) is 5.32 Å². The molecule has 1 amide bonds. The van der Waals surface area contributed by atoms with Crippen molar-refractivity contribution in [1.29, 1.82) is 0 Å². The van der Waals surface area contributed by atoms with E-state index < -0.39 is 21.0 Å². The number of carbonyl (C=O) groups excluding carboxylic acids is 1. The van der Waals surface area contributed by atoms with Crippen molar-refractivity contribution < 1.29 is 13.2 Å². The number of aryl methyl sites for hydroxylation is 1. The molecule has 4 nitrogen and oxygen atoms in total. The van der Waals surface area contributed by atoms with Gasteiger partial charge in [-0.15, -0.1) is 0 Å². The molecular weight excluding hydrogens is 378 g/mol. The smallest absolute Gasteiger partial charge is 0.242 e. The second kappa shape index (κ2) is 7.27. The van der Waals surface area contributed by atoms with Gasteiger partial charge in [0.15, 0.2) is 9.84 Å². The average molecular weight is 396 g/mol. The molecule has 0 aliphatic rings. The summed E-state index contributed by atoms with van der Waals surface area (Å²) in [7, 11) is -3.58. The van der Waals surface area contributed by atoms with E-state index in [1.165, 1.54) is 6.92 Å². The van der Waals surface area contributed by atoms with Crippen LogP contribution in [0.2, 0.25) is 0 Å². The van der Waals surface area contributed by atoms with Crippen molar-refractivity contribution in [2.45, 2.75) is 24.9 Å². The molecule has 6 heteroatoms. The molecule has 23 heavy (non-hydrogen) atoms. The Labute approximate surface area is 145 Å². The molecule has 1 N–H and O–H groups in total. The molecule has 0 aliphatic carbocycles. The quantitative estimate of drug-likeness (QED) is 0.838. The molecule has 2 aromatic rings. The molecule has 0 aromatic heterocycles. The van der Waals surface area contributed by atoms with E-state index >= 15 is 0 Å². The topological polar surface area (TPSA) is 63.2 Å². The Morgan fingerprint density at radius 3 is 2.43 bits per heavy atom. The van der Waals surface area contributed by atoms with Gasteiger partial charge >= 0.3 is 0 Å². The monoisotopic (exact) mass is 395 g/mol. The molecule has 2 rings (SSSR count). The van der Waals surface area contributed by atoms with Crippen LogP contribution in [0.15, 0.2) is 53.0 Å². The predicted octanol–water partition coefficient (Wildman–Crippen LogP) is 3.70. The highest BCUT2D eigenvalue weighted by atomic mass is 79.9. The van der Waals surface area contributed by atoms with E-state index in [1.807, 2.05) is 25.1 Å². The first-order valence-electron chi connectivity index (χ1n) is 7.11. The third-order valence-electron chi connectivity index (χ3n) is 3.49. The van der Waals surface area contributed by atoms with Gasteiger partial charge in [-0.2, -0.15) is 0 Å². The first-order chi connectivity index (χ1) is 10.8. The van der Waals surface area contributed by atoms with Crippen molar-refractivity contribution >= 4 is 37.4 Å². The maximum atomic E-state index is 12.4. The van der Waals surface area contributed by atoms with Gasteiger partial charge in [0, 0.05) is 10.2 Å². The maximum Gasteiger partial charge on any atom is 0.242 e. The van der Waals surface area contributed by atoms with E-state index in [2.05, 4.69) is 21.2 Å². The average Bonchev–Trinajstić information content (AvgIpc) is 2.48. The highest BCUT2D eigenvalue weighted by molar-refractivity contribution is 9.10. The van der Waals surface area contributed by atoms with Gasteiger partial charge in [0.2, 0.25) is 5.91 Å². The Bertz CT molecular complexity index is 801. The number of benzene rings is 2. The van der Waals surface area contributed by atoms with E-state index in [0.717, 1.165) is 10.0 Å². The molecule has 122 valence electrons. The number of amides is 1. The van der Waals surface area contributed by atoms with Crippen LogP contribution in [0.1, 0.15) is 18.1 Å². The minimum atomic E-state index is -3.58. The summed E-state index contributed by atoms with van der Waals surface area (Å²) in [5.41, 5.74) is 2.30. The summed E-state index contributed by atoms with van der Waals surface area (Å²) in [4.78, 5) is 12.2. The molecule has 0 aliphatic heterocycles.